The number of fused-ring (bicyclic) bond motifs is 1. The van der Waals surface area contributed by atoms with Crippen molar-refractivity contribution in [1.29, 1.82) is 0 Å². The standard InChI is InChI=1S/C22H30N4O2/c27-21(9-6-16-4-2-1-3-5-16)25-18-10-12-26(13-11-18)22(28)17-7-8-19-20(14-17)24-15-23-19/h7-8,14-16,18H,1-6,9-13H2,(H,23,24)(H,25,27). The molecule has 6 heteroatoms. The molecule has 28 heavy (non-hydrogen) atoms. The van der Waals surface area contributed by atoms with Crippen molar-refractivity contribution in [2.45, 2.75) is 63.8 Å². The first-order valence-corrected chi connectivity index (χ1v) is 10.7. The minimum atomic E-state index is 0.0542. The van der Waals surface area contributed by atoms with E-state index in [4.69, 9.17) is 0 Å². The van der Waals surface area contributed by atoms with Crippen molar-refractivity contribution in [3.05, 3.63) is 30.1 Å². The largest absolute Gasteiger partial charge is 0.353 e. The Bertz CT molecular complexity index is 817. The quantitative estimate of drug-likeness (QED) is 0.829. The van der Waals surface area contributed by atoms with E-state index in [1.807, 2.05) is 23.1 Å². The minimum Gasteiger partial charge on any atom is -0.353 e. The molecule has 1 saturated carbocycles. The molecule has 1 aliphatic carbocycles. The van der Waals surface area contributed by atoms with Gasteiger partial charge >= 0.3 is 0 Å². The van der Waals surface area contributed by atoms with Crippen molar-refractivity contribution in [2.24, 2.45) is 5.92 Å². The topological polar surface area (TPSA) is 78.1 Å². The average molecular weight is 383 g/mol. The zero-order valence-electron chi connectivity index (χ0n) is 16.5. The summed E-state index contributed by atoms with van der Waals surface area (Å²) in [5.74, 6) is 0.977. The highest BCUT2D eigenvalue weighted by molar-refractivity contribution is 5.97. The lowest BCUT2D eigenvalue weighted by Crippen LogP contribution is -2.46. The fourth-order valence-electron chi connectivity index (χ4n) is 4.59. The third-order valence-electron chi connectivity index (χ3n) is 6.32. The number of amides is 2. The molecule has 2 aromatic rings. The van der Waals surface area contributed by atoms with Crippen LogP contribution >= 0.6 is 0 Å². The molecule has 0 unspecified atom stereocenters. The second kappa shape index (κ2) is 8.76. The van der Waals surface area contributed by atoms with Crippen LogP contribution in [0, 0.1) is 5.92 Å². The molecule has 2 N–H and O–H groups in total. The number of H-pyrrole nitrogens is 1. The third-order valence-corrected chi connectivity index (χ3v) is 6.32. The number of nitrogens with zero attached hydrogens (tertiary/aromatic N) is 2. The number of rotatable bonds is 5. The van der Waals surface area contributed by atoms with Crippen molar-refractivity contribution >= 4 is 22.8 Å². The number of carbonyl (C=O) groups excluding carboxylic acids is 2. The maximum atomic E-state index is 12.8. The highest BCUT2D eigenvalue weighted by atomic mass is 16.2. The molecule has 6 nitrogen and oxygen atoms in total. The van der Waals surface area contributed by atoms with E-state index in [0.29, 0.717) is 25.1 Å². The smallest absolute Gasteiger partial charge is 0.253 e. The number of benzene rings is 1. The van der Waals surface area contributed by atoms with Crippen LogP contribution in [-0.4, -0.2) is 45.8 Å². The normalized spacial score (nSPS) is 19.1. The number of aromatic amines is 1. The van der Waals surface area contributed by atoms with Crippen LogP contribution in [0.25, 0.3) is 11.0 Å². The van der Waals surface area contributed by atoms with Gasteiger partial charge in [-0.05, 0) is 43.4 Å². The Labute approximate surface area is 166 Å². The third kappa shape index (κ3) is 4.54. The zero-order valence-corrected chi connectivity index (χ0v) is 16.5. The Morgan fingerprint density at radius 1 is 1.11 bits per heavy atom. The SMILES string of the molecule is O=C(CCC1CCCCC1)NC1CCN(C(=O)c2ccc3nc[nH]c3c2)CC1. The summed E-state index contributed by atoms with van der Waals surface area (Å²) in [6.07, 6.45) is 11.6. The number of likely N-dealkylation sites (tertiary alicyclic amines) is 1. The Morgan fingerprint density at radius 2 is 1.89 bits per heavy atom. The molecule has 1 aromatic heterocycles. The fourth-order valence-corrected chi connectivity index (χ4v) is 4.59. The number of hydrogen-bond donors (Lipinski definition) is 2. The maximum absolute atomic E-state index is 12.8. The molecule has 150 valence electrons. The van der Waals surface area contributed by atoms with Gasteiger partial charge in [0.25, 0.3) is 5.91 Å². The molecule has 0 spiro atoms. The molecule has 4 rings (SSSR count). The molecule has 1 aliphatic heterocycles. The summed E-state index contributed by atoms with van der Waals surface area (Å²) in [7, 11) is 0. The highest BCUT2D eigenvalue weighted by Gasteiger charge is 2.25. The number of hydrogen-bond acceptors (Lipinski definition) is 3. The first-order chi connectivity index (χ1) is 13.7. The molecule has 1 aromatic carbocycles. The van der Waals surface area contributed by atoms with Crippen LogP contribution < -0.4 is 5.32 Å². The second-order valence-corrected chi connectivity index (χ2v) is 8.31. The lowest BCUT2D eigenvalue weighted by molar-refractivity contribution is -0.122. The Morgan fingerprint density at radius 3 is 2.68 bits per heavy atom. The molecule has 0 radical (unpaired) electrons. The van der Waals surface area contributed by atoms with Gasteiger partial charge in [-0.25, -0.2) is 4.98 Å². The van der Waals surface area contributed by atoms with E-state index in [9.17, 15) is 9.59 Å². The van der Waals surface area contributed by atoms with Gasteiger partial charge in [-0.3, -0.25) is 9.59 Å². The van der Waals surface area contributed by atoms with Crippen LogP contribution in [-0.2, 0) is 4.79 Å². The highest BCUT2D eigenvalue weighted by Crippen LogP contribution is 2.27. The summed E-state index contributed by atoms with van der Waals surface area (Å²) < 4.78 is 0. The number of imidazole rings is 1. The van der Waals surface area contributed by atoms with Crippen molar-refractivity contribution in [3.63, 3.8) is 0 Å². The Hall–Kier alpha value is -2.37. The van der Waals surface area contributed by atoms with Gasteiger partial charge in [-0.15, -0.1) is 0 Å². The molecule has 2 fully saturated rings. The molecule has 2 aliphatic rings. The first-order valence-electron chi connectivity index (χ1n) is 10.7. The molecule has 1 saturated heterocycles. The monoisotopic (exact) mass is 382 g/mol. The van der Waals surface area contributed by atoms with Crippen molar-refractivity contribution < 1.29 is 9.59 Å². The van der Waals surface area contributed by atoms with Crippen LogP contribution in [0.4, 0.5) is 0 Å². The van der Waals surface area contributed by atoms with Gasteiger partial charge in [0.15, 0.2) is 0 Å². The van der Waals surface area contributed by atoms with Crippen LogP contribution in [0.5, 0.6) is 0 Å². The molecule has 0 atom stereocenters. The van der Waals surface area contributed by atoms with Gasteiger partial charge in [0.1, 0.15) is 0 Å². The van der Waals surface area contributed by atoms with Gasteiger partial charge in [0, 0.05) is 31.1 Å². The van der Waals surface area contributed by atoms with E-state index >= 15 is 0 Å². The van der Waals surface area contributed by atoms with E-state index in [0.717, 1.165) is 36.2 Å². The summed E-state index contributed by atoms with van der Waals surface area (Å²) in [5, 5.41) is 3.19. The number of aromatic nitrogens is 2. The van der Waals surface area contributed by atoms with Crippen molar-refractivity contribution in [2.75, 3.05) is 13.1 Å². The molecular weight excluding hydrogens is 352 g/mol. The summed E-state index contributed by atoms with van der Waals surface area (Å²) in [5.41, 5.74) is 2.43. The van der Waals surface area contributed by atoms with Gasteiger partial charge in [-0.2, -0.15) is 0 Å². The zero-order chi connectivity index (χ0) is 19.3. The molecule has 2 heterocycles. The van der Waals surface area contributed by atoms with Crippen LogP contribution in [0.1, 0.15) is 68.1 Å². The van der Waals surface area contributed by atoms with E-state index in [-0.39, 0.29) is 17.9 Å². The Kier molecular flexibility index (Phi) is 5.93. The number of piperidine rings is 1. The second-order valence-electron chi connectivity index (χ2n) is 8.31. The number of carbonyl (C=O) groups is 2. The van der Waals surface area contributed by atoms with Crippen LogP contribution in [0.15, 0.2) is 24.5 Å². The minimum absolute atomic E-state index is 0.0542. The summed E-state index contributed by atoms with van der Waals surface area (Å²) in [4.78, 5) is 34.2. The summed E-state index contributed by atoms with van der Waals surface area (Å²) in [6, 6.07) is 5.77. The van der Waals surface area contributed by atoms with E-state index in [2.05, 4.69) is 15.3 Å². The van der Waals surface area contributed by atoms with Gasteiger partial charge in [0.2, 0.25) is 5.91 Å². The summed E-state index contributed by atoms with van der Waals surface area (Å²) in [6.45, 7) is 1.38. The average Bonchev–Trinajstić information content (AvgIpc) is 3.21. The van der Waals surface area contributed by atoms with Crippen LogP contribution in [0.2, 0.25) is 0 Å². The van der Waals surface area contributed by atoms with E-state index < -0.39 is 0 Å². The number of nitrogens with one attached hydrogen (secondary N) is 2. The van der Waals surface area contributed by atoms with Gasteiger partial charge in [0.05, 0.1) is 17.4 Å². The van der Waals surface area contributed by atoms with E-state index in [1.165, 1.54) is 32.1 Å². The predicted octanol–water partition coefficient (Wildman–Crippen LogP) is 3.64. The first kappa shape index (κ1) is 19.0. The molecule has 2 amide bonds. The van der Waals surface area contributed by atoms with Crippen molar-refractivity contribution in [3.8, 4) is 0 Å². The predicted molar refractivity (Wildman–Crippen MR) is 109 cm³/mol. The summed E-state index contributed by atoms with van der Waals surface area (Å²) >= 11 is 0. The molecule has 0 bridgehead atoms. The van der Waals surface area contributed by atoms with Gasteiger partial charge < -0.3 is 15.2 Å². The van der Waals surface area contributed by atoms with Gasteiger partial charge in [-0.1, -0.05) is 32.1 Å². The van der Waals surface area contributed by atoms with E-state index in [1.54, 1.807) is 6.33 Å². The van der Waals surface area contributed by atoms with Crippen molar-refractivity contribution in [1.82, 2.24) is 20.2 Å². The maximum Gasteiger partial charge on any atom is 0.253 e. The lowest BCUT2D eigenvalue weighted by atomic mass is 9.86. The Balaban J connectivity index is 1.22. The lowest BCUT2D eigenvalue weighted by Gasteiger charge is -2.32. The van der Waals surface area contributed by atoms with Crippen LogP contribution in [0.3, 0.4) is 0 Å². The molecular formula is C22H30N4O2. The fraction of sp³-hybridized carbons (Fsp3) is 0.591.